The number of amides is 1. The van der Waals surface area contributed by atoms with Gasteiger partial charge >= 0.3 is 0 Å². The molecule has 0 radical (unpaired) electrons. The number of benzene rings is 2. The van der Waals surface area contributed by atoms with E-state index in [1.165, 1.54) is 6.07 Å². The van der Waals surface area contributed by atoms with E-state index >= 15 is 0 Å². The summed E-state index contributed by atoms with van der Waals surface area (Å²) in [6.07, 6.45) is 0.215. The topological polar surface area (TPSA) is 64.3 Å². The van der Waals surface area contributed by atoms with Crippen LogP contribution in [0.4, 0.5) is 10.1 Å². The van der Waals surface area contributed by atoms with Crippen molar-refractivity contribution < 1.29 is 13.9 Å². The van der Waals surface area contributed by atoms with Gasteiger partial charge in [0.2, 0.25) is 5.91 Å². The van der Waals surface area contributed by atoms with Gasteiger partial charge in [-0.15, -0.1) is 0 Å². The van der Waals surface area contributed by atoms with Crippen molar-refractivity contribution in [2.24, 2.45) is 5.73 Å². The summed E-state index contributed by atoms with van der Waals surface area (Å²) >= 11 is 0. The minimum atomic E-state index is -0.283. The number of ether oxygens (including phenoxy) is 1. The van der Waals surface area contributed by atoms with Gasteiger partial charge in [0.1, 0.15) is 18.2 Å². The number of anilines is 1. The van der Waals surface area contributed by atoms with Gasteiger partial charge in [-0.05, 0) is 41.8 Å². The third-order valence-electron chi connectivity index (χ3n) is 3.45. The minimum absolute atomic E-state index is 0.156. The van der Waals surface area contributed by atoms with Crippen LogP contribution in [0.1, 0.15) is 24.8 Å². The second kappa shape index (κ2) is 8.29. The molecule has 1 amide bonds. The first kappa shape index (κ1) is 17.0. The van der Waals surface area contributed by atoms with Crippen molar-refractivity contribution in [3.8, 4) is 5.75 Å². The predicted octanol–water partition coefficient (Wildman–Crippen LogP) is 3.30. The Labute approximate surface area is 135 Å². The standard InChI is InChI=1S/C18H21FN2O2/c1-13(16-4-2-3-5-17(16)19)12-18(22)21-14-6-8-15(9-7-14)23-11-10-20/h2-9,13H,10-12,20H2,1H3,(H,21,22). The van der Waals surface area contributed by atoms with E-state index in [0.29, 0.717) is 30.2 Å². The fourth-order valence-electron chi connectivity index (χ4n) is 2.29. The van der Waals surface area contributed by atoms with Crippen LogP contribution in [0.5, 0.6) is 5.75 Å². The molecule has 5 heteroatoms. The second-order valence-electron chi connectivity index (χ2n) is 5.34. The number of halogens is 1. The van der Waals surface area contributed by atoms with Crippen molar-refractivity contribution in [3.05, 3.63) is 59.9 Å². The van der Waals surface area contributed by atoms with E-state index in [1.807, 2.05) is 6.92 Å². The zero-order valence-electron chi connectivity index (χ0n) is 13.1. The molecule has 2 aromatic carbocycles. The molecule has 0 aromatic heterocycles. The molecular weight excluding hydrogens is 295 g/mol. The van der Waals surface area contributed by atoms with Gasteiger partial charge in [0, 0.05) is 18.7 Å². The van der Waals surface area contributed by atoms with E-state index in [2.05, 4.69) is 5.32 Å². The lowest BCUT2D eigenvalue weighted by atomic mass is 9.97. The van der Waals surface area contributed by atoms with Crippen LogP contribution in [0.25, 0.3) is 0 Å². The van der Waals surface area contributed by atoms with Crippen molar-refractivity contribution in [1.29, 1.82) is 0 Å². The molecule has 122 valence electrons. The Kier molecular flexibility index (Phi) is 6.11. The zero-order chi connectivity index (χ0) is 16.7. The second-order valence-corrected chi connectivity index (χ2v) is 5.34. The van der Waals surface area contributed by atoms with Gasteiger partial charge in [0.25, 0.3) is 0 Å². The fraction of sp³-hybridized carbons (Fsp3) is 0.278. The van der Waals surface area contributed by atoms with Crippen molar-refractivity contribution in [3.63, 3.8) is 0 Å². The van der Waals surface area contributed by atoms with E-state index in [4.69, 9.17) is 10.5 Å². The Morgan fingerprint density at radius 3 is 2.57 bits per heavy atom. The van der Waals surface area contributed by atoms with Crippen LogP contribution in [-0.4, -0.2) is 19.1 Å². The Bertz CT molecular complexity index is 644. The van der Waals surface area contributed by atoms with Crippen LogP contribution in [0.3, 0.4) is 0 Å². The summed E-state index contributed by atoms with van der Waals surface area (Å²) in [5.41, 5.74) is 6.59. The molecule has 0 spiro atoms. The van der Waals surface area contributed by atoms with E-state index in [9.17, 15) is 9.18 Å². The van der Waals surface area contributed by atoms with Gasteiger partial charge in [-0.3, -0.25) is 4.79 Å². The quantitative estimate of drug-likeness (QED) is 0.824. The summed E-state index contributed by atoms with van der Waals surface area (Å²) in [5, 5.41) is 2.80. The number of hydrogen-bond donors (Lipinski definition) is 2. The average Bonchev–Trinajstić information content (AvgIpc) is 2.54. The molecule has 2 rings (SSSR count). The average molecular weight is 316 g/mol. The monoisotopic (exact) mass is 316 g/mol. The molecule has 0 heterocycles. The zero-order valence-corrected chi connectivity index (χ0v) is 13.1. The highest BCUT2D eigenvalue weighted by Crippen LogP contribution is 2.23. The van der Waals surface area contributed by atoms with E-state index in [-0.39, 0.29) is 24.1 Å². The van der Waals surface area contributed by atoms with E-state index in [1.54, 1.807) is 42.5 Å². The summed E-state index contributed by atoms with van der Waals surface area (Å²) in [4.78, 5) is 12.1. The third kappa shape index (κ3) is 5.07. The molecular formula is C18H21FN2O2. The molecule has 0 aliphatic heterocycles. The number of nitrogens with two attached hydrogens (primary N) is 1. The Balaban J connectivity index is 1.90. The van der Waals surface area contributed by atoms with E-state index < -0.39 is 0 Å². The molecule has 23 heavy (non-hydrogen) atoms. The largest absolute Gasteiger partial charge is 0.492 e. The lowest BCUT2D eigenvalue weighted by Gasteiger charge is -2.13. The first-order valence-electron chi connectivity index (χ1n) is 7.57. The summed E-state index contributed by atoms with van der Waals surface area (Å²) in [7, 11) is 0. The molecule has 2 aromatic rings. The summed E-state index contributed by atoms with van der Waals surface area (Å²) in [6.45, 7) is 2.74. The number of rotatable bonds is 7. The molecule has 1 unspecified atom stereocenters. The number of carbonyl (C=O) groups is 1. The van der Waals surface area contributed by atoms with Crippen LogP contribution >= 0.6 is 0 Å². The highest BCUT2D eigenvalue weighted by atomic mass is 19.1. The van der Waals surface area contributed by atoms with Gasteiger partial charge in [-0.1, -0.05) is 25.1 Å². The van der Waals surface area contributed by atoms with Crippen molar-refractivity contribution in [2.75, 3.05) is 18.5 Å². The van der Waals surface area contributed by atoms with Crippen molar-refractivity contribution >= 4 is 11.6 Å². The SMILES string of the molecule is CC(CC(=O)Nc1ccc(OCCN)cc1)c1ccccc1F. The van der Waals surface area contributed by atoms with Gasteiger partial charge in [-0.25, -0.2) is 4.39 Å². The van der Waals surface area contributed by atoms with Crippen LogP contribution in [-0.2, 0) is 4.79 Å². The molecule has 0 saturated carbocycles. The summed E-state index contributed by atoms with van der Waals surface area (Å²) < 4.78 is 19.1. The lowest BCUT2D eigenvalue weighted by molar-refractivity contribution is -0.116. The Morgan fingerprint density at radius 1 is 1.22 bits per heavy atom. The van der Waals surface area contributed by atoms with Gasteiger partial charge in [-0.2, -0.15) is 0 Å². The fourth-order valence-corrected chi connectivity index (χ4v) is 2.29. The first-order valence-corrected chi connectivity index (χ1v) is 7.57. The maximum atomic E-state index is 13.7. The van der Waals surface area contributed by atoms with Crippen LogP contribution in [0.2, 0.25) is 0 Å². The molecule has 0 bridgehead atoms. The van der Waals surface area contributed by atoms with Crippen LogP contribution in [0.15, 0.2) is 48.5 Å². The molecule has 0 fully saturated rings. The predicted molar refractivity (Wildman–Crippen MR) is 89.1 cm³/mol. The van der Waals surface area contributed by atoms with Crippen molar-refractivity contribution in [1.82, 2.24) is 0 Å². The third-order valence-corrected chi connectivity index (χ3v) is 3.45. The first-order chi connectivity index (χ1) is 11.1. The molecule has 0 aliphatic carbocycles. The highest BCUT2D eigenvalue weighted by molar-refractivity contribution is 5.91. The molecule has 3 N–H and O–H groups in total. The van der Waals surface area contributed by atoms with Gasteiger partial charge in [0.15, 0.2) is 0 Å². The minimum Gasteiger partial charge on any atom is -0.492 e. The van der Waals surface area contributed by atoms with Gasteiger partial charge < -0.3 is 15.8 Å². The maximum absolute atomic E-state index is 13.7. The summed E-state index contributed by atoms with van der Waals surface area (Å²) in [6, 6.07) is 13.6. The number of nitrogens with one attached hydrogen (secondary N) is 1. The number of carbonyl (C=O) groups excluding carboxylic acids is 1. The summed E-state index contributed by atoms with van der Waals surface area (Å²) in [5.74, 6) is 0.0714. The molecule has 0 aliphatic rings. The molecule has 4 nitrogen and oxygen atoms in total. The smallest absolute Gasteiger partial charge is 0.224 e. The molecule has 1 atom stereocenters. The van der Waals surface area contributed by atoms with Crippen LogP contribution in [0, 0.1) is 5.82 Å². The maximum Gasteiger partial charge on any atom is 0.224 e. The number of hydrogen-bond acceptors (Lipinski definition) is 3. The Hall–Kier alpha value is -2.40. The molecule has 0 saturated heterocycles. The van der Waals surface area contributed by atoms with Crippen LogP contribution < -0.4 is 15.8 Å². The van der Waals surface area contributed by atoms with E-state index in [0.717, 1.165) is 0 Å². The van der Waals surface area contributed by atoms with Gasteiger partial charge in [0.05, 0.1) is 0 Å². The Morgan fingerprint density at radius 2 is 1.91 bits per heavy atom. The highest BCUT2D eigenvalue weighted by Gasteiger charge is 2.14. The van der Waals surface area contributed by atoms with Crippen molar-refractivity contribution in [2.45, 2.75) is 19.3 Å². The normalized spacial score (nSPS) is 11.8. The lowest BCUT2D eigenvalue weighted by Crippen LogP contribution is -2.15.